The first-order valence-electron chi connectivity index (χ1n) is 9.85. The number of hydrogen-bond donors (Lipinski definition) is 0. The molecule has 0 spiro atoms. The van der Waals surface area contributed by atoms with Crippen LogP contribution in [0.3, 0.4) is 0 Å². The van der Waals surface area contributed by atoms with Gasteiger partial charge in [-0.15, -0.1) is 13.2 Å². The topological polar surface area (TPSA) is 106 Å². The highest BCUT2D eigenvalue weighted by atomic mass is 32.1. The first-order valence-corrected chi connectivity index (χ1v) is 10.7. The Morgan fingerprint density at radius 3 is 2.54 bits per heavy atom. The van der Waals surface area contributed by atoms with Gasteiger partial charge in [-0.25, -0.2) is 14.4 Å². The number of imidazole rings is 1. The van der Waals surface area contributed by atoms with Crippen LogP contribution in [-0.4, -0.2) is 27.5 Å². The smallest absolute Gasteiger partial charge is 0.428 e. The van der Waals surface area contributed by atoms with Gasteiger partial charge in [0.05, 0.1) is 10.2 Å². The third kappa shape index (κ3) is 5.16. The molecular formula is C22H13F4N5O3S. The van der Waals surface area contributed by atoms with Crippen molar-refractivity contribution in [3.63, 3.8) is 0 Å². The number of nitrogens with zero attached hydrogens (tertiary/aromatic N) is 5. The molecule has 178 valence electrons. The Morgan fingerprint density at radius 2 is 1.89 bits per heavy atom. The SMILES string of the molecule is CCOCn1c(-c2ccc(Oc3nc4ccc(OC(F)(F)F)cc4s3)c(F)c2)nc(C#N)c1C#N. The van der Waals surface area contributed by atoms with Crippen LogP contribution >= 0.6 is 11.3 Å². The molecule has 4 rings (SSSR count). The molecule has 2 aromatic heterocycles. The van der Waals surface area contributed by atoms with Crippen molar-refractivity contribution in [3.05, 3.63) is 53.6 Å². The molecule has 35 heavy (non-hydrogen) atoms. The number of ether oxygens (including phenoxy) is 3. The zero-order valence-corrected chi connectivity index (χ0v) is 18.6. The van der Waals surface area contributed by atoms with Crippen LogP contribution in [0.1, 0.15) is 18.3 Å². The predicted molar refractivity (Wildman–Crippen MR) is 115 cm³/mol. The molecule has 2 aromatic carbocycles. The van der Waals surface area contributed by atoms with Crippen molar-refractivity contribution in [3.8, 4) is 40.2 Å². The molecule has 0 aliphatic rings. The minimum absolute atomic E-state index is 0.00666. The standard InChI is InChI=1S/C22H13F4N5O3S/c1-2-32-11-31-17(10-28)16(9-27)29-20(31)12-3-6-18(14(23)7-12)33-21-30-15-5-4-13(8-19(15)35-21)34-22(24,25)26/h3-8H,2,11H2,1H3. The van der Waals surface area contributed by atoms with E-state index in [1.165, 1.54) is 22.8 Å². The van der Waals surface area contributed by atoms with Crippen molar-refractivity contribution >= 4 is 21.6 Å². The number of halogens is 4. The maximum atomic E-state index is 14.9. The molecule has 0 bridgehead atoms. The molecule has 13 heteroatoms. The van der Waals surface area contributed by atoms with Crippen LogP contribution in [0, 0.1) is 28.5 Å². The second kappa shape index (κ2) is 9.58. The first kappa shape index (κ1) is 23.9. The predicted octanol–water partition coefficient (Wildman–Crippen LogP) is 5.73. The van der Waals surface area contributed by atoms with Crippen molar-refractivity contribution in [1.82, 2.24) is 14.5 Å². The quantitative estimate of drug-likeness (QED) is 0.297. The number of aromatic nitrogens is 3. The lowest BCUT2D eigenvalue weighted by Crippen LogP contribution is -2.16. The number of benzene rings is 2. The summed E-state index contributed by atoms with van der Waals surface area (Å²) in [6.07, 6.45) is -4.83. The maximum Gasteiger partial charge on any atom is 0.573 e. The van der Waals surface area contributed by atoms with E-state index in [2.05, 4.69) is 14.7 Å². The van der Waals surface area contributed by atoms with Gasteiger partial charge in [0.1, 0.15) is 30.4 Å². The van der Waals surface area contributed by atoms with E-state index in [-0.39, 0.29) is 40.4 Å². The van der Waals surface area contributed by atoms with E-state index in [4.69, 9.17) is 9.47 Å². The van der Waals surface area contributed by atoms with Gasteiger partial charge >= 0.3 is 6.36 Å². The Hall–Kier alpha value is -4.20. The average Bonchev–Trinajstić information content (AvgIpc) is 3.37. The highest BCUT2D eigenvalue weighted by Gasteiger charge is 2.31. The Bertz CT molecular complexity index is 1480. The van der Waals surface area contributed by atoms with Crippen molar-refractivity contribution in [2.45, 2.75) is 20.0 Å². The molecule has 8 nitrogen and oxygen atoms in total. The number of fused-ring (bicyclic) bond motifs is 1. The Labute approximate surface area is 199 Å². The van der Waals surface area contributed by atoms with Crippen molar-refractivity contribution in [2.75, 3.05) is 6.61 Å². The van der Waals surface area contributed by atoms with Crippen molar-refractivity contribution in [1.29, 1.82) is 10.5 Å². The van der Waals surface area contributed by atoms with Crippen LogP contribution in [0.25, 0.3) is 21.6 Å². The molecule has 0 aliphatic heterocycles. The summed E-state index contributed by atoms with van der Waals surface area (Å²) in [4.78, 5) is 8.27. The zero-order valence-electron chi connectivity index (χ0n) is 17.8. The number of thiazole rings is 1. The van der Waals surface area contributed by atoms with Crippen molar-refractivity contribution in [2.24, 2.45) is 0 Å². The van der Waals surface area contributed by atoms with Crippen LogP contribution < -0.4 is 9.47 Å². The fourth-order valence-corrected chi connectivity index (χ4v) is 3.97. The van der Waals surface area contributed by atoms with E-state index >= 15 is 0 Å². The van der Waals surface area contributed by atoms with Crippen LogP contribution in [0.15, 0.2) is 36.4 Å². The van der Waals surface area contributed by atoms with Crippen LogP contribution in [0.4, 0.5) is 17.6 Å². The van der Waals surface area contributed by atoms with Gasteiger partial charge in [-0.3, -0.25) is 4.57 Å². The molecule has 0 N–H and O–H groups in total. The van der Waals surface area contributed by atoms with Gasteiger partial charge in [0.25, 0.3) is 5.19 Å². The number of nitriles is 2. The molecule has 0 unspecified atom stereocenters. The highest BCUT2D eigenvalue weighted by Crippen LogP contribution is 2.36. The van der Waals surface area contributed by atoms with E-state index < -0.39 is 17.9 Å². The van der Waals surface area contributed by atoms with Gasteiger partial charge in [0, 0.05) is 18.2 Å². The summed E-state index contributed by atoms with van der Waals surface area (Å²) in [5.41, 5.74) is 0.486. The summed E-state index contributed by atoms with van der Waals surface area (Å²) in [5, 5.41) is 18.7. The van der Waals surface area contributed by atoms with E-state index in [0.29, 0.717) is 16.8 Å². The molecule has 2 heterocycles. The van der Waals surface area contributed by atoms with Gasteiger partial charge in [0.2, 0.25) is 0 Å². The normalized spacial score (nSPS) is 11.3. The van der Waals surface area contributed by atoms with E-state index in [1.54, 1.807) is 6.92 Å². The monoisotopic (exact) mass is 503 g/mol. The third-order valence-corrected chi connectivity index (χ3v) is 5.46. The average molecular weight is 503 g/mol. The lowest BCUT2D eigenvalue weighted by molar-refractivity contribution is -0.274. The number of rotatable bonds is 7. The second-order valence-electron chi connectivity index (χ2n) is 6.81. The molecule has 0 saturated heterocycles. The van der Waals surface area contributed by atoms with Crippen LogP contribution in [-0.2, 0) is 11.5 Å². The minimum atomic E-state index is -4.83. The lowest BCUT2D eigenvalue weighted by Gasteiger charge is -2.10. The van der Waals surface area contributed by atoms with Gasteiger partial charge in [-0.2, -0.15) is 10.5 Å². The number of alkyl halides is 3. The van der Waals surface area contributed by atoms with Gasteiger partial charge < -0.3 is 14.2 Å². The Morgan fingerprint density at radius 1 is 1.09 bits per heavy atom. The number of hydrogen-bond acceptors (Lipinski definition) is 8. The zero-order chi connectivity index (χ0) is 25.2. The minimum Gasteiger partial charge on any atom is -0.428 e. The highest BCUT2D eigenvalue weighted by molar-refractivity contribution is 7.20. The largest absolute Gasteiger partial charge is 0.573 e. The van der Waals surface area contributed by atoms with Gasteiger partial charge in [0.15, 0.2) is 23.0 Å². The van der Waals surface area contributed by atoms with Crippen LogP contribution in [0.2, 0.25) is 0 Å². The second-order valence-corrected chi connectivity index (χ2v) is 7.80. The summed E-state index contributed by atoms with van der Waals surface area (Å²) < 4.78 is 68.7. The van der Waals surface area contributed by atoms with Gasteiger partial charge in [-0.1, -0.05) is 11.3 Å². The summed E-state index contributed by atoms with van der Waals surface area (Å²) >= 11 is 0.912. The molecule has 4 aromatic rings. The molecular weight excluding hydrogens is 490 g/mol. The Balaban J connectivity index is 1.62. The summed E-state index contributed by atoms with van der Waals surface area (Å²) in [6.45, 7) is 2.04. The molecule has 0 amide bonds. The summed E-state index contributed by atoms with van der Waals surface area (Å²) in [7, 11) is 0. The van der Waals surface area contributed by atoms with Crippen LogP contribution in [0.5, 0.6) is 16.7 Å². The van der Waals surface area contributed by atoms with E-state index in [0.717, 1.165) is 29.5 Å². The van der Waals surface area contributed by atoms with Gasteiger partial charge in [-0.05, 0) is 37.3 Å². The summed E-state index contributed by atoms with van der Waals surface area (Å²) in [6, 6.07) is 11.2. The molecule has 0 aliphatic carbocycles. The molecule has 0 fully saturated rings. The lowest BCUT2D eigenvalue weighted by atomic mass is 10.2. The maximum absolute atomic E-state index is 14.9. The van der Waals surface area contributed by atoms with Crippen molar-refractivity contribution < 1.29 is 31.8 Å². The first-order chi connectivity index (χ1) is 16.7. The molecule has 0 saturated carbocycles. The summed E-state index contributed by atoms with van der Waals surface area (Å²) in [5.74, 6) is -1.23. The van der Waals surface area contributed by atoms with E-state index in [1.807, 2.05) is 12.1 Å². The fraction of sp³-hybridized carbons (Fsp3) is 0.182. The molecule has 0 atom stereocenters. The third-order valence-electron chi connectivity index (χ3n) is 4.57. The Kier molecular flexibility index (Phi) is 6.55. The molecule has 0 radical (unpaired) electrons. The fourth-order valence-electron chi connectivity index (χ4n) is 3.11. The van der Waals surface area contributed by atoms with E-state index in [9.17, 15) is 28.1 Å².